The maximum Gasteiger partial charge on any atom is 0.0635 e. The normalized spacial score (nSPS) is 10.9. The predicted octanol–water partition coefficient (Wildman–Crippen LogP) is 8.04. The van der Waals surface area contributed by atoms with Gasteiger partial charge in [0.2, 0.25) is 0 Å². The van der Waals surface area contributed by atoms with Crippen molar-refractivity contribution < 1.29 is 0 Å². The summed E-state index contributed by atoms with van der Waals surface area (Å²) in [6.07, 6.45) is 0. The summed E-state index contributed by atoms with van der Waals surface area (Å²) in [5.74, 6) is 1.25. The summed E-state index contributed by atoms with van der Waals surface area (Å²) in [4.78, 5) is 0. The molecule has 0 aliphatic carbocycles. The summed E-state index contributed by atoms with van der Waals surface area (Å²) >= 11 is 0. The van der Waals surface area contributed by atoms with Gasteiger partial charge in [0.1, 0.15) is 0 Å². The zero-order valence-electron chi connectivity index (χ0n) is 17.3. The van der Waals surface area contributed by atoms with Gasteiger partial charge >= 0.3 is 0 Å². The van der Waals surface area contributed by atoms with Crippen molar-refractivity contribution in [2.45, 2.75) is 0 Å². The van der Waals surface area contributed by atoms with Crippen LogP contribution in [0.3, 0.4) is 0 Å². The van der Waals surface area contributed by atoms with Crippen LogP contribution in [0.5, 0.6) is 0 Å². The Morgan fingerprint density at radius 3 is 1.32 bits per heavy atom. The molecule has 0 saturated carbocycles. The number of hydrogen-bond donors (Lipinski definition) is 0. The summed E-state index contributed by atoms with van der Waals surface area (Å²) in [5.41, 5.74) is 8.63. The summed E-state index contributed by atoms with van der Waals surface area (Å²) in [6, 6.07) is 49.5. The average molecular weight is 396 g/mol. The molecule has 5 aromatic carbocycles. The van der Waals surface area contributed by atoms with E-state index in [0.717, 1.165) is 0 Å². The van der Waals surface area contributed by atoms with Crippen LogP contribution in [0.1, 0.15) is 16.7 Å². The minimum absolute atomic E-state index is 1.22. The van der Waals surface area contributed by atoms with E-state index < -0.39 is 0 Å². The third-order valence-electron chi connectivity index (χ3n) is 5.61. The molecule has 0 amide bonds. The topological polar surface area (TPSA) is 0 Å². The van der Waals surface area contributed by atoms with Gasteiger partial charge in [-0.1, -0.05) is 140 Å². The summed E-state index contributed by atoms with van der Waals surface area (Å²) in [7, 11) is 0. The highest BCUT2D eigenvalue weighted by atomic mass is 14.3. The van der Waals surface area contributed by atoms with Crippen molar-refractivity contribution in [3.63, 3.8) is 0 Å². The van der Waals surface area contributed by atoms with Crippen LogP contribution in [-0.4, -0.2) is 0 Å². The first-order valence-corrected chi connectivity index (χ1v) is 10.6. The molecule has 0 aliphatic rings. The molecule has 0 bridgehead atoms. The van der Waals surface area contributed by atoms with Crippen LogP contribution < -0.4 is 0 Å². The summed E-state index contributed by atoms with van der Waals surface area (Å²) in [5, 5.41) is 0. The first-order valence-electron chi connectivity index (χ1n) is 10.6. The van der Waals surface area contributed by atoms with Gasteiger partial charge in [0.05, 0.1) is 5.92 Å². The van der Waals surface area contributed by atoms with Crippen molar-refractivity contribution in [3.05, 3.63) is 162 Å². The van der Waals surface area contributed by atoms with Crippen molar-refractivity contribution in [1.82, 2.24) is 0 Å². The third kappa shape index (κ3) is 3.93. The van der Waals surface area contributed by atoms with Gasteiger partial charge in [0.25, 0.3) is 0 Å². The molecule has 0 unspecified atom stereocenters. The molecule has 0 nitrogen and oxygen atoms in total. The quantitative estimate of drug-likeness (QED) is 0.264. The molecule has 0 atom stereocenters. The Morgan fingerprint density at radius 2 is 0.806 bits per heavy atom. The van der Waals surface area contributed by atoms with E-state index in [-0.39, 0.29) is 0 Å². The largest absolute Gasteiger partial charge is 0.0635 e. The Morgan fingerprint density at radius 1 is 0.355 bits per heavy atom. The number of rotatable bonds is 5. The Balaban J connectivity index is 1.82. The van der Waals surface area contributed by atoms with Crippen LogP contribution in [0, 0.1) is 5.92 Å². The van der Waals surface area contributed by atoms with E-state index >= 15 is 0 Å². The Hall–Kier alpha value is -3.90. The van der Waals surface area contributed by atoms with Gasteiger partial charge in [-0.3, -0.25) is 0 Å². The van der Waals surface area contributed by atoms with Gasteiger partial charge in [0, 0.05) is 0 Å². The summed E-state index contributed by atoms with van der Waals surface area (Å²) in [6.45, 7) is 0. The maximum atomic E-state index is 2.25. The smallest absolute Gasteiger partial charge is 0.0622 e. The van der Waals surface area contributed by atoms with Crippen molar-refractivity contribution in [1.29, 1.82) is 0 Å². The van der Waals surface area contributed by atoms with E-state index in [1.165, 1.54) is 44.9 Å². The molecule has 5 aromatic rings. The molecule has 0 fully saturated rings. The minimum Gasteiger partial charge on any atom is -0.0622 e. The highest BCUT2D eigenvalue weighted by Crippen LogP contribution is 2.42. The SMILES string of the molecule is c1ccc([C](c2ccccc2)c2cccc(-c3ccccc3)c2-c2ccccc2)cc1. The molecule has 0 heteroatoms. The van der Waals surface area contributed by atoms with E-state index in [1.54, 1.807) is 0 Å². The van der Waals surface area contributed by atoms with Gasteiger partial charge in [0.15, 0.2) is 0 Å². The van der Waals surface area contributed by atoms with Crippen LogP contribution in [0.2, 0.25) is 0 Å². The second-order valence-electron chi connectivity index (χ2n) is 7.57. The lowest BCUT2D eigenvalue weighted by Gasteiger charge is -2.24. The molecule has 147 valence electrons. The second kappa shape index (κ2) is 8.85. The molecule has 0 heterocycles. The van der Waals surface area contributed by atoms with Gasteiger partial charge in [-0.05, 0) is 38.9 Å². The van der Waals surface area contributed by atoms with Crippen molar-refractivity contribution in [2.75, 3.05) is 0 Å². The predicted molar refractivity (Wildman–Crippen MR) is 131 cm³/mol. The lowest BCUT2D eigenvalue weighted by molar-refractivity contribution is 1.23. The lowest BCUT2D eigenvalue weighted by atomic mass is 9.79. The first kappa shape index (κ1) is 19.1. The van der Waals surface area contributed by atoms with E-state index in [1.807, 2.05) is 0 Å². The molecule has 0 aromatic heterocycles. The van der Waals surface area contributed by atoms with E-state index in [0.29, 0.717) is 0 Å². The molecule has 1 radical (unpaired) electrons. The van der Waals surface area contributed by atoms with Crippen LogP contribution in [-0.2, 0) is 0 Å². The monoisotopic (exact) mass is 395 g/mol. The highest BCUT2D eigenvalue weighted by Gasteiger charge is 2.23. The fourth-order valence-electron chi connectivity index (χ4n) is 4.22. The fraction of sp³-hybridized carbons (Fsp3) is 0. The molecule has 31 heavy (non-hydrogen) atoms. The number of hydrogen-bond acceptors (Lipinski definition) is 0. The highest BCUT2D eigenvalue weighted by molar-refractivity contribution is 5.88. The molecule has 0 spiro atoms. The van der Waals surface area contributed by atoms with E-state index in [4.69, 9.17) is 0 Å². The van der Waals surface area contributed by atoms with Crippen LogP contribution in [0.4, 0.5) is 0 Å². The molecular formula is C31H23. The van der Waals surface area contributed by atoms with Gasteiger partial charge in [-0.25, -0.2) is 0 Å². The molecular weight excluding hydrogens is 372 g/mol. The van der Waals surface area contributed by atoms with Gasteiger partial charge in [-0.15, -0.1) is 0 Å². The zero-order chi connectivity index (χ0) is 20.9. The van der Waals surface area contributed by atoms with Crippen LogP contribution in [0.25, 0.3) is 22.3 Å². The Bertz CT molecular complexity index is 1200. The lowest BCUT2D eigenvalue weighted by Crippen LogP contribution is -2.07. The van der Waals surface area contributed by atoms with Crippen molar-refractivity contribution in [3.8, 4) is 22.3 Å². The van der Waals surface area contributed by atoms with Gasteiger partial charge in [-0.2, -0.15) is 0 Å². The van der Waals surface area contributed by atoms with Crippen molar-refractivity contribution in [2.24, 2.45) is 0 Å². The van der Waals surface area contributed by atoms with Crippen LogP contribution >= 0.6 is 0 Å². The Kier molecular flexibility index (Phi) is 5.45. The first-order chi connectivity index (χ1) is 15.4. The molecule has 0 N–H and O–H groups in total. The molecule has 5 rings (SSSR count). The van der Waals surface area contributed by atoms with Crippen molar-refractivity contribution >= 4 is 0 Å². The Labute approximate surface area is 184 Å². The number of benzene rings is 5. The third-order valence-corrected chi connectivity index (χ3v) is 5.61. The average Bonchev–Trinajstić information content (AvgIpc) is 2.86. The summed E-state index contributed by atoms with van der Waals surface area (Å²) < 4.78 is 0. The van der Waals surface area contributed by atoms with Crippen LogP contribution in [0.15, 0.2) is 140 Å². The molecule has 0 aliphatic heterocycles. The standard InChI is InChI=1S/C31H23/c1-5-14-24(15-6-1)28-22-13-23-29(31(28)27-20-11-4-12-21-27)30(25-16-7-2-8-17-25)26-18-9-3-10-19-26/h1-23H. The molecule has 0 saturated heterocycles. The minimum atomic E-state index is 1.22. The fourth-order valence-corrected chi connectivity index (χ4v) is 4.22. The zero-order valence-corrected chi connectivity index (χ0v) is 17.3. The second-order valence-corrected chi connectivity index (χ2v) is 7.57. The van der Waals surface area contributed by atoms with Gasteiger partial charge < -0.3 is 0 Å². The van der Waals surface area contributed by atoms with E-state index in [9.17, 15) is 0 Å². The maximum absolute atomic E-state index is 2.25. The van der Waals surface area contributed by atoms with E-state index in [2.05, 4.69) is 140 Å².